The summed E-state index contributed by atoms with van der Waals surface area (Å²) in [5.41, 5.74) is 0.870. The number of fused-ring (bicyclic) bond motifs is 1. The van der Waals surface area contributed by atoms with E-state index in [1.165, 1.54) is 9.80 Å². The van der Waals surface area contributed by atoms with Crippen LogP contribution < -0.4 is 15.0 Å². The first-order valence-electron chi connectivity index (χ1n) is 7.38. The number of benzene rings is 1. The molecule has 0 atom stereocenters. The molecule has 0 fully saturated rings. The number of ether oxygens (including phenoxy) is 1. The second-order valence-electron chi connectivity index (χ2n) is 5.87. The lowest BCUT2D eigenvalue weighted by Gasteiger charge is -2.29. The number of hydrogen-bond donors (Lipinski definition) is 1. The zero-order chi connectivity index (χ0) is 17.1. The zero-order valence-corrected chi connectivity index (χ0v) is 13.8. The molecule has 0 radical (unpaired) electrons. The van der Waals surface area contributed by atoms with E-state index in [1.807, 2.05) is 13.8 Å². The predicted molar refractivity (Wildman–Crippen MR) is 85.6 cm³/mol. The summed E-state index contributed by atoms with van der Waals surface area (Å²) in [5, 5.41) is 2.75. The van der Waals surface area contributed by atoms with Crippen molar-refractivity contribution in [1.29, 1.82) is 0 Å². The van der Waals surface area contributed by atoms with Crippen molar-refractivity contribution in [3.8, 4) is 5.75 Å². The molecule has 0 aliphatic carbocycles. The highest BCUT2D eigenvalue weighted by Crippen LogP contribution is 2.33. The van der Waals surface area contributed by atoms with Gasteiger partial charge in [0, 0.05) is 25.7 Å². The van der Waals surface area contributed by atoms with E-state index >= 15 is 0 Å². The minimum atomic E-state index is -0.314. The second kappa shape index (κ2) is 6.68. The first-order chi connectivity index (χ1) is 10.8. The van der Waals surface area contributed by atoms with Crippen LogP contribution >= 0.6 is 0 Å². The molecule has 1 aromatic carbocycles. The Labute approximate surface area is 135 Å². The Bertz CT molecular complexity index is 640. The molecule has 1 aromatic rings. The Hall–Kier alpha value is -2.57. The van der Waals surface area contributed by atoms with Crippen LogP contribution in [0.3, 0.4) is 0 Å². The van der Waals surface area contributed by atoms with Crippen molar-refractivity contribution in [2.75, 3.05) is 32.1 Å². The maximum absolute atomic E-state index is 12.1. The van der Waals surface area contributed by atoms with Crippen LogP contribution in [-0.2, 0) is 9.59 Å². The summed E-state index contributed by atoms with van der Waals surface area (Å²) in [7, 11) is 3.30. The van der Waals surface area contributed by atoms with Crippen LogP contribution in [0.25, 0.3) is 0 Å². The van der Waals surface area contributed by atoms with Gasteiger partial charge in [0.25, 0.3) is 11.8 Å². The van der Waals surface area contributed by atoms with Crippen molar-refractivity contribution < 1.29 is 19.1 Å². The SMILES string of the molecule is CC(C)NC(=O)CN1C(=O)COc2ccc(C(=O)N(C)C)cc21. The van der Waals surface area contributed by atoms with Gasteiger partial charge in [0.2, 0.25) is 5.91 Å². The lowest BCUT2D eigenvalue weighted by atomic mass is 10.1. The first kappa shape index (κ1) is 16.8. The third-order valence-electron chi connectivity index (χ3n) is 3.31. The molecule has 1 aliphatic heterocycles. The van der Waals surface area contributed by atoms with Crippen molar-refractivity contribution in [3.05, 3.63) is 23.8 Å². The highest BCUT2D eigenvalue weighted by atomic mass is 16.5. The van der Waals surface area contributed by atoms with Crippen molar-refractivity contribution >= 4 is 23.4 Å². The Morgan fingerprint density at radius 2 is 2.04 bits per heavy atom. The molecule has 124 valence electrons. The number of anilines is 1. The van der Waals surface area contributed by atoms with Gasteiger partial charge in [-0.25, -0.2) is 0 Å². The van der Waals surface area contributed by atoms with E-state index < -0.39 is 0 Å². The van der Waals surface area contributed by atoms with E-state index in [0.717, 1.165) is 0 Å². The first-order valence-corrected chi connectivity index (χ1v) is 7.38. The van der Waals surface area contributed by atoms with Gasteiger partial charge >= 0.3 is 0 Å². The van der Waals surface area contributed by atoms with Crippen molar-refractivity contribution in [2.45, 2.75) is 19.9 Å². The van der Waals surface area contributed by atoms with E-state index in [2.05, 4.69) is 5.32 Å². The molecule has 0 bridgehead atoms. The van der Waals surface area contributed by atoms with Crippen molar-refractivity contribution in [1.82, 2.24) is 10.2 Å². The third-order valence-corrected chi connectivity index (χ3v) is 3.31. The van der Waals surface area contributed by atoms with Crippen LogP contribution in [0.5, 0.6) is 5.75 Å². The van der Waals surface area contributed by atoms with E-state index in [0.29, 0.717) is 17.0 Å². The van der Waals surface area contributed by atoms with Gasteiger partial charge in [-0.2, -0.15) is 0 Å². The minimum absolute atomic E-state index is 0.0141. The molecule has 7 heteroatoms. The number of hydrogen-bond acceptors (Lipinski definition) is 4. The van der Waals surface area contributed by atoms with Crippen molar-refractivity contribution in [2.24, 2.45) is 0 Å². The average molecular weight is 319 g/mol. The number of carbonyl (C=O) groups excluding carboxylic acids is 3. The van der Waals surface area contributed by atoms with E-state index in [-0.39, 0.29) is 36.9 Å². The third kappa shape index (κ3) is 3.80. The molecular formula is C16H21N3O4. The highest BCUT2D eigenvalue weighted by Gasteiger charge is 2.28. The van der Waals surface area contributed by atoms with Gasteiger partial charge in [-0.3, -0.25) is 19.3 Å². The van der Waals surface area contributed by atoms with Crippen LogP contribution in [0.1, 0.15) is 24.2 Å². The highest BCUT2D eigenvalue weighted by molar-refractivity contribution is 6.04. The molecule has 0 saturated carbocycles. The number of rotatable bonds is 4. The summed E-state index contributed by atoms with van der Waals surface area (Å²) in [6.45, 7) is 3.47. The molecule has 7 nitrogen and oxygen atoms in total. The molecule has 23 heavy (non-hydrogen) atoms. The molecule has 0 unspecified atom stereocenters. The Kier molecular flexibility index (Phi) is 4.88. The Morgan fingerprint density at radius 1 is 1.35 bits per heavy atom. The average Bonchev–Trinajstić information content (AvgIpc) is 2.48. The Morgan fingerprint density at radius 3 is 2.65 bits per heavy atom. The standard InChI is InChI=1S/C16H21N3O4/c1-10(2)17-14(20)8-19-12-7-11(16(22)18(3)4)5-6-13(12)23-9-15(19)21/h5-7,10H,8-9H2,1-4H3,(H,17,20). The monoisotopic (exact) mass is 319 g/mol. The lowest BCUT2D eigenvalue weighted by molar-refractivity contribution is -0.125. The predicted octanol–water partition coefficient (Wildman–Crippen LogP) is 0.638. The number of carbonyl (C=O) groups is 3. The normalized spacial score (nSPS) is 13.4. The van der Waals surface area contributed by atoms with Gasteiger partial charge in [-0.05, 0) is 32.0 Å². The molecule has 1 N–H and O–H groups in total. The lowest BCUT2D eigenvalue weighted by Crippen LogP contribution is -2.46. The summed E-state index contributed by atoms with van der Waals surface area (Å²) in [6, 6.07) is 4.85. The molecule has 0 spiro atoms. The molecule has 0 aromatic heterocycles. The molecule has 0 saturated heterocycles. The molecule has 1 heterocycles. The van der Waals surface area contributed by atoms with Crippen LogP contribution in [0.4, 0.5) is 5.69 Å². The second-order valence-corrected chi connectivity index (χ2v) is 5.87. The summed E-state index contributed by atoms with van der Waals surface area (Å²) < 4.78 is 5.38. The van der Waals surface area contributed by atoms with Gasteiger partial charge < -0.3 is 15.0 Å². The summed E-state index contributed by atoms with van der Waals surface area (Å²) in [6.07, 6.45) is 0. The smallest absolute Gasteiger partial charge is 0.265 e. The van der Waals surface area contributed by atoms with Crippen LogP contribution in [0.2, 0.25) is 0 Å². The van der Waals surface area contributed by atoms with Gasteiger partial charge in [0.15, 0.2) is 6.61 Å². The maximum atomic E-state index is 12.1. The summed E-state index contributed by atoms with van der Waals surface area (Å²) in [5.74, 6) is -0.272. The maximum Gasteiger partial charge on any atom is 0.265 e. The minimum Gasteiger partial charge on any atom is -0.482 e. The molecule has 1 aliphatic rings. The summed E-state index contributed by atoms with van der Waals surface area (Å²) >= 11 is 0. The number of nitrogens with one attached hydrogen (secondary N) is 1. The fourth-order valence-electron chi connectivity index (χ4n) is 2.28. The van der Waals surface area contributed by atoms with Crippen LogP contribution in [0.15, 0.2) is 18.2 Å². The summed E-state index contributed by atoms with van der Waals surface area (Å²) in [4.78, 5) is 39.0. The van der Waals surface area contributed by atoms with Gasteiger partial charge in [-0.15, -0.1) is 0 Å². The Balaban J connectivity index is 2.32. The quantitative estimate of drug-likeness (QED) is 0.883. The van der Waals surface area contributed by atoms with Gasteiger partial charge in [0.05, 0.1) is 5.69 Å². The number of nitrogens with zero attached hydrogens (tertiary/aromatic N) is 2. The molecular weight excluding hydrogens is 298 g/mol. The van der Waals surface area contributed by atoms with Gasteiger partial charge in [-0.1, -0.05) is 0 Å². The number of amides is 3. The molecule has 2 rings (SSSR count). The topological polar surface area (TPSA) is 79.0 Å². The van der Waals surface area contributed by atoms with E-state index in [9.17, 15) is 14.4 Å². The zero-order valence-electron chi connectivity index (χ0n) is 13.8. The van der Waals surface area contributed by atoms with Crippen molar-refractivity contribution in [3.63, 3.8) is 0 Å². The van der Waals surface area contributed by atoms with Gasteiger partial charge in [0.1, 0.15) is 12.3 Å². The fraction of sp³-hybridized carbons (Fsp3) is 0.438. The fourth-order valence-corrected chi connectivity index (χ4v) is 2.28. The largest absolute Gasteiger partial charge is 0.482 e. The van der Waals surface area contributed by atoms with E-state index in [4.69, 9.17) is 4.74 Å². The molecule has 3 amide bonds. The van der Waals surface area contributed by atoms with Crippen LogP contribution in [-0.4, -0.2) is 55.9 Å². The van der Waals surface area contributed by atoms with Crippen LogP contribution in [0, 0.1) is 0 Å². The van der Waals surface area contributed by atoms with E-state index in [1.54, 1.807) is 32.3 Å².